The van der Waals surface area contributed by atoms with E-state index >= 15 is 0 Å². The van der Waals surface area contributed by atoms with Gasteiger partial charge in [-0.3, -0.25) is 9.59 Å². The van der Waals surface area contributed by atoms with E-state index in [0.717, 1.165) is 5.56 Å². The summed E-state index contributed by atoms with van der Waals surface area (Å²) in [7, 11) is 1.58. The van der Waals surface area contributed by atoms with E-state index in [9.17, 15) is 14.7 Å². The van der Waals surface area contributed by atoms with Crippen LogP contribution in [0, 0.1) is 11.8 Å². The van der Waals surface area contributed by atoms with E-state index in [-0.39, 0.29) is 12.3 Å². The third-order valence-electron chi connectivity index (χ3n) is 3.77. The van der Waals surface area contributed by atoms with Crippen molar-refractivity contribution in [2.75, 3.05) is 13.7 Å². The van der Waals surface area contributed by atoms with Crippen molar-refractivity contribution in [2.45, 2.75) is 26.3 Å². The van der Waals surface area contributed by atoms with Gasteiger partial charge >= 0.3 is 5.97 Å². The summed E-state index contributed by atoms with van der Waals surface area (Å²) in [6.45, 7) is 4.61. The van der Waals surface area contributed by atoms with Gasteiger partial charge in [0.1, 0.15) is 5.75 Å². The van der Waals surface area contributed by atoms with Gasteiger partial charge in [0.15, 0.2) is 0 Å². The average Bonchev–Trinajstić information content (AvgIpc) is 2.76. The molecule has 1 aromatic rings. The summed E-state index contributed by atoms with van der Waals surface area (Å²) in [6, 6.07) is 6.87. The molecule has 5 nitrogen and oxygen atoms in total. The molecule has 0 radical (unpaired) electrons. The molecule has 1 saturated heterocycles. The molecule has 114 valence electrons. The number of ether oxygens (including phenoxy) is 1. The molecule has 0 aromatic heterocycles. The summed E-state index contributed by atoms with van der Waals surface area (Å²) in [4.78, 5) is 25.4. The van der Waals surface area contributed by atoms with E-state index in [2.05, 4.69) is 0 Å². The Kier molecular flexibility index (Phi) is 4.50. The monoisotopic (exact) mass is 291 g/mol. The first-order valence-corrected chi connectivity index (χ1v) is 7.10. The molecule has 0 aliphatic carbocycles. The highest BCUT2D eigenvalue weighted by molar-refractivity contribution is 5.87. The number of carboxylic acids is 1. The second kappa shape index (κ2) is 6.16. The minimum absolute atomic E-state index is 0.0682. The average molecular weight is 291 g/mol. The highest BCUT2D eigenvalue weighted by Gasteiger charge is 2.44. The van der Waals surface area contributed by atoms with Crippen molar-refractivity contribution in [1.82, 2.24) is 4.90 Å². The Bertz CT molecular complexity index is 524. The van der Waals surface area contributed by atoms with Crippen molar-refractivity contribution in [2.24, 2.45) is 11.8 Å². The lowest BCUT2D eigenvalue weighted by Gasteiger charge is -2.28. The summed E-state index contributed by atoms with van der Waals surface area (Å²) in [5.41, 5.74) is 0.842. The van der Waals surface area contributed by atoms with Crippen molar-refractivity contribution in [3.05, 3.63) is 29.8 Å². The lowest BCUT2D eigenvalue weighted by Crippen LogP contribution is -2.33. The zero-order valence-corrected chi connectivity index (χ0v) is 12.6. The van der Waals surface area contributed by atoms with Gasteiger partial charge in [-0.05, 0) is 23.6 Å². The maximum atomic E-state index is 12.2. The van der Waals surface area contributed by atoms with Gasteiger partial charge in [0.05, 0.1) is 19.1 Å². The number of methoxy groups -OCH3 is 1. The summed E-state index contributed by atoms with van der Waals surface area (Å²) >= 11 is 0. The largest absolute Gasteiger partial charge is 0.497 e. The van der Waals surface area contributed by atoms with Gasteiger partial charge in [-0.2, -0.15) is 0 Å². The molecule has 1 fully saturated rings. The Morgan fingerprint density at radius 2 is 2.00 bits per heavy atom. The van der Waals surface area contributed by atoms with Crippen LogP contribution in [0.1, 0.15) is 31.9 Å². The molecular formula is C16H21NO4. The number of carboxylic acid groups (broad SMARTS) is 1. The Morgan fingerprint density at radius 1 is 1.38 bits per heavy atom. The molecule has 1 aliphatic rings. The molecule has 1 heterocycles. The lowest BCUT2D eigenvalue weighted by atomic mass is 9.93. The van der Waals surface area contributed by atoms with Crippen molar-refractivity contribution >= 4 is 11.9 Å². The SMILES string of the molecule is COc1ccc([C@H]2[C@@H](C(=O)O)CC(=O)N2CC(C)C)cc1. The minimum Gasteiger partial charge on any atom is -0.497 e. The van der Waals surface area contributed by atoms with Crippen LogP contribution in [-0.2, 0) is 9.59 Å². The Hall–Kier alpha value is -2.04. The molecule has 1 N–H and O–H groups in total. The van der Waals surface area contributed by atoms with E-state index in [1.807, 2.05) is 26.0 Å². The predicted molar refractivity (Wildman–Crippen MR) is 78.0 cm³/mol. The topological polar surface area (TPSA) is 66.8 Å². The number of benzene rings is 1. The van der Waals surface area contributed by atoms with E-state index < -0.39 is 17.9 Å². The Labute approximate surface area is 124 Å². The number of likely N-dealkylation sites (tertiary alicyclic amines) is 1. The van der Waals surface area contributed by atoms with Gasteiger partial charge in [-0.1, -0.05) is 26.0 Å². The molecule has 0 unspecified atom stereocenters. The first kappa shape index (κ1) is 15.4. The van der Waals surface area contributed by atoms with Crippen LogP contribution >= 0.6 is 0 Å². The maximum absolute atomic E-state index is 12.2. The van der Waals surface area contributed by atoms with Crippen molar-refractivity contribution in [1.29, 1.82) is 0 Å². The van der Waals surface area contributed by atoms with Gasteiger partial charge in [0.25, 0.3) is 0 Å². The molecular weight excluding hydrogens is 270 g/mol. The number of hydrogen-bond donors (Lipinski definition) is 1. The normalized spacial score (nSPS) is 21.9. The van der Waals surface area contributed by atoms with Crippen LogP contribution in [0.2, 0.25) is 0 Å². The number of rotatable bonds is 5. The Morgan fingerprint density at radius 3 is 2.48 bits per heavy atom. The molecule has 0 bridgehead atoms. The van der Waals surface area contributed by atoms with Gasteiger partial charge < -0.3 is 14.7 Å². The van der Waals surface area contributed by atoms with Crippen LogP contribution in [0.15, 0.2) is 24.3 Å². The summed E-state index contributed by atoms with van der Waals surface area (Å²) in [5.74, 6) is -0.690. The smallest absolute Gasteiger partial charge is 0.309 e. The number of nitrogens with zero attached hydrogens (tertiary/aromatic N) is 1. The number of carbonyl (C=O) groups excluding carboxylic acids is 1. The quantitative estimate of drug-likeness (QED) is 0.904. The molecule has 0 saturated carbocycles. The highest BCUT2D eigenvalue weighted by Crippen LogP contribution is 2.39. The van der Waals surface area contributed by atoms with E-state index in [1.54, 1.807) is 24.1 Å². The van der Waals surface area contributed by atoms with Gasteiger partial charge in [-0.15, -0.1) is 0 Å². The van der Waals surface area contributed by atoms with Gasteiger partial charge in [0, 0.05) is 13.0 Å². The molecule has 21 heavy (non-hydrogen) atoms. The zero-order valence-electron chi connectivity index (χ0n) is 12.6. The van der Waals surface area contributed by atoms with Gasteiger partial charge in [0.2, 0.25) is 5.91 Å². The first-order valence-electron chi connectivity index (χ1n) is 7.10. The van der Waals surface area contributed by atoms with E-state index in [4.69, 9.17) is 4.74 Å². The second-order valence-electron chi connectivity index (χ2n) is 5.81. The lowest BCUT2D eigenvalue weighted by molar-refractivity contribution is -0.142. The number of carbonyl (C=O) groups is 2. The van der Waals surface area contributed by atoms with Crippen molar-refractivity contribution < 1.29 is 19.4 Å². The van der Waals surface area contributed by atoms with Crippen molar-refractivity contribution in [3.63, 3.8) is 0 Å². The van der Waals surface area contributed by atoms with E-state index in [1.165, 1.54) is 0 Å². The first-order chi connectivity index (χ1) is 9.93. The van der Waals surface area contributed by atoms with Crippen LogP contribution in [0.25, 0.3) is 0 Å². The fourth-order valence-electron chi connectivity index (χ4n) is 2.83. The molecule has 1 aromatic carbocycles. The van der Waals surface area contributed by atoms with Crippen LogP contribution < -0.4 is 4.74 Å². The summed E-state index contributed by atoms with van der Waals surface area (Å²) < 4.78 is 5.12. The molecule has 0 spiro atoms. The third kappa shape index (κ3) is 3.17. The van der Waals surface area contributed by atoms with Gasteiger partial charge in [-0.25, -0.2) is 0 Å². The van der Waals surface area contributed by atoms with E-state index in [0.29, 0.717) is 18.2 Å². The fraction of sp³-hybridized carbons (Fsp3) is 0.500. The standard InChI is InChI=1S/C16H21NO4/c1-10(2)9-17-14(18)8-13(16(19)20)15(17)11-4-6-12(21-3)7-5-11/h4-7,10,13,15H,8-9H2,1-3H3,(H,19,20)/t13-,15-/m0/s1. The van der Waals surface area contributed by atoms with Crippen LogP contribution in [0.4, 0.5) is 0 Å². The molecule has 2 rings (SSSR count). The third-order valence-corrected chi connectivity index (χ3v) is 3.77. The minimum atomic E-state index is -0.921. The second-order valence-corrected chi connectivity index (χ2v) is 5.81. The van der Waals surface area contributed by atoms with Crippen LogP contribution in [0.3, 0.4) is 0 Å². The number of hydrogen-bond acceptors (Lipinski definition) is 3. The Balaban J connectivity index is 2.35. The van der Waals surface area contributed by atoms with Crippen LogP contribution in [-0.4, -0.2) is 35.5 Å². The number of aliphatic carboxylic acids is 1. The summed E-state index contributed by atoms with van der Waals surface area (Å²) in [6.07, 6.45) is 0.0682. The maximum Gasteiger partial charge on any atom is 0.309 e. The van der Waals surface area contributed by atoms with Crippen molar-refractivity contribution in [3.8, 4) is 5.75 Å². The molecule has 1 aliphatic heterocycles. The zero-order chi connectivity index (χ0) is 15.6. The van der Waals surface area contributed by atoms with Crippen LogP contribution in [0.5, 0.6) is 5.75 Å². The summed E-state index contributed by atoms with van der Waals surface area (Å²) in [5, 5.41) is 9.41. The number of amides is 1. The predicted octanol–water partition coefficient (Wildman–Crippen LogP) is 2.33. The molecule has 2 atom stereocenters. The molecule has 5 heteroatoms. The highest BCUT2D eigenvalue weighted by atomic mass is 16.5. The fourth-order valence-corrected chi connectivity index (χ4v) is 2.83. The molecule has 1 amide bonds.